The Morgan fingerprint density at radius 3 is 2.87 bits per heavy atom. The molecule has 1 heterocycles. The number of rotatable bonds is 4. The lowest BCUT2D eigenvalue weighted by atomic mass is 10.0. The highest BCUT2D eigenvalue weighted by molar-refractivity contribution is 5.84. The molecule has 4 nitrogen and oxygen atoms in total. The number of amides is 1. The molecule has 0 saturated carbocycles. The van der Waals surface area contributed by atoms with Crippen LogP contribution in [-0.2, 0) is 4.79 Å². The summed E-state index contributed by atoms with van der Waals surface area (Å²) in [7, 11) is 0. The van der Waals surface area contributed by atoms with Crippen LogP contribution >= 0.6 is 0 Å². The first kappa shape index (κ1) is 11.6. The Morgan fingerprint density at radius 2 is 2.33 bits per heavy atom. The molecule has 4 heteroatoms. The summed E-state index contributed by atoms with van der Waals surface area (Å²) in [5.74, 6) is -0.0377. The SMILES string of the molecule is C/C=C/CNC(=O)C(C)(C)[N+]1=N[CH]C=C1. The molecule has 0 spiro atoms. The number of nitrogens with zero attached hydrogens (tertiary/aromatic N) is 2. The second kappa shape index (κ2) is 4.87. The zero-order chi connectivity index (χ0) is 11.3. The van der Waals surface area contributed by atoms with Crippen molar-refractivity contribution in [3.8, 4) is 0 Å². The molecule has 0 atom stereocenters. The first-order chi connectivity index (χ1) is 7.09. The lowest BCUT2D eigenvalue weighted by Crippen LogP contribution is -2.48. The summed E-state index contributed by atoms with van der Waals surface area (Å²) in [6.07, 6.45) is 7.40. The van der Waals surface area contributed by atoms with E-state index in [0.717, 1.165) is 0 Å². The molecule has 1 N–H and O–H groups in total. The highest BCUT2D eigenvalue weighted by Crippen LogP contribution is 2.14. The number of hydrogen-bond acceptors (Lipinski definition) is 2. The highest BCUT2D eigenvalue weighted by atomic mass is 16.2. The van der Waals surface area contributed by atoms with E-state index in [1.165, 1.54) is 0 Å². The molecule has 0 saturated heterocycles. The lowest BCUT2D eigenvalue weighted by molar-refractivity contribution is -0.580. The largest absolute Gasteiger partial charge is 0.347 e. The van der Waals surface area contributed by atoms with Gasteiger partial charge in [0.05, 0.1) is 0 Å². The molecule has 1 rings (SSSR count). The molecule has 81 valence electrons. The number of allylic oxidation sites excluding steroid dienone is 1. The van der Waals surface area contributed by atoms with E-state index in [9.17, 15) is 4.79 Å². The van der Waals surface area contributed by atoms with E-state index in [0.29, 0.717) is 6.54 Å². The predicted octanol–water partition coefficient (Wildman–Crippen LogP) is 1.61. The molecule has 0 aromatic rings. The number of hydrogen-bond donors (Lipinski definition) is 1. The molecule has 1 amide bonds. The van der Waals surface area contributed by atoms with E-state index in [-0.39, 0.29) is 5.91 Å². The summed E-state index contributed by atoms with van der Waals surface area (Å²) in [4.78, 5) is 11.8. The Morgan fingerprint density at radius 1 is 1.60 bits per heavy atom. The summed E-state index contributed by atoms with van der Waals surface area (Å²) in [5, 5.41) is 6.90. The second-order valence-corrected chi connectivity index (χ2v) is 3.79. The number of azo groups is 2. The zero-order valence-electron chi connectivity index (χ0n) is 9.40. The van der Waals surface area contributed by atoms with Gasteiger partial charge in [0.1, 0.15) is 0 Å². The van der Waals surface area contributed by atoms with Gasteiger partial charge in [0.15, 0.2) is 12.7 Å². The molecule has 0 aliphatic carbocycles. The van der Waals surface area contributed by atoms with Gasteiger partial charge in [0, 0.05) is 26.5 Å². The molecule has 0 aromatic heterocycles. The van der Waals surface area contributed by atoms with Crippen LogP contribution in [0, 0.1) is 6.54 Å². The van der Waals surface area contributed by atoms with Crippen LogP contribution in [0.5, 0.6) is 0 Å². The minimum atomic E-state index is -0.648. The minimum absolute atomic E-state index is 0.0377. The summed E-state index contributed by atoms with van der Waals surface area (Å²) >= 11 is 0. The molecule has 0 unspecified atom stereocenters. The summed E-state index contributed by atoms with van der Waals surface area (Å²) in [6.45, 7) is 7.82. The van der Waals surface area contributed by atoms with Crippen LogP contribution in [-0.4, -0.2) is 22.7 Å². The van der Waals surface area contributed by atoms with Crippen molar-refractivity contribution >= 4 is 5.91 Å². The van der Waals surface area contributed by atoms with E-state index < -0.39 is 5.54 Å². The van der Waals surface area contributed by atoms with Gasteiger partial charge in [-0.05, 0) is 12.0 Å². The Bertz CT molecular complexity index is 327. The Balaban J connectivity index is 2.60. The second-order valence-electron chi connectivity index (χ2n) is 3.79. The van der Waals surface area contributed by atoms with Crippen molar-refractivity contribution in [1.29, 1.82) is 0 Å². The van der Waals surface area contributed by atoms with E-state index >= 15 is 0 Å². The van der Waals surface area contributed by atoms with Gasteiger partial charge < -0.3 is 5.32 Å². The van der Waals surface area contributed by atoms with E-state index in [1.807, 2.05) is 32.9 Å². The minimum Gasteiger partial charge on any atom is -0.347 e. The van der Waals surface area contributed by atoms with Gasteiger partial charge >= 0.3 is 0 Å². The van der Waals surface area contributed by atoms with Crippen molar-refractivity contribution < 1.29 is 9.49 Å². The normalized spacial score (nSPS) is 15.8. The van der Waals surface area contributed by atoms with Crippen LogP contribution < -0.4 is 5.32 Å². The lowest BCUT2D eigenvalue weighted by Gasteiger charge is -2.15. The van der Waals surface area contributed by atoms with E-state index in [1.54, 1.807) is 23.5 Å². The van der Waals surface area contributed by atoms with Crippen molar-refractivity contribution in [3.05, 3.63) is 31.0 Å². The first-order valence-corrected chi connectivity index (χ1v) is 4.98. The third-order valence-electron chi connectivity index (χ3n) is 2.25. The molecule has 1 radical (unpaired) electrons. The number of carbonyl (C=O) groups excluding carboxylic acids is 1. The molecule has 0 bridgehead atoms. The molecule has 0 fully saturated rings. The Labute approximate surface area is 90.4 Å². The fraction of sp³-hybridized carbons (Fsp3) is 0.455. The smallest absolute Gasteiger partial charge is 0.294 e. The summed E-state index contributed by atoms with van der Waals surface area (Å²) in [6, 6.07) is 0. The highest BCUT2D eigenvalue weighted by Gasteiger charge is 2.40. The monoisotopic (exact) mass is 207 g/mol. The Kier molecular flexibility index (Phi) is 3.77. The first-order valence-electron chi connectivity index (χ1n) is 4.98. The molecule has 1 aliphatic rings. The maximum atomic E-state index is 11.8. The maximum absolute atomic E-state index is 11.8. The Hall–Kier alpha value is -1.45. The van der Waals surface area contributed by atoms with Gasteiger partial charge in [-0.25, -0.2) is 0 Å². The fourth-order valence-electron chi connectivity index (χ4n) is 1.19. The molecular weight excluding hydrogens is 190 g/mol. The quantitative estimate of drug-likeness (QED) is 0.552. The number of carbonyl (C=O) groups is 1. The van der Waals surface area contributed by atoms with Gasteiger partial charge in [-0.1, -0.05) is 16.8 Å². The van der Waals surface area contributed by atoms with Crippen molar-refractivity contribution in [2.45, 2.75) is 26.3 Å². The molecule has 15 heavy (non-hydrogen) atoms. The van der Waals surface area contributed by atoms with Crippen LogP contribution in [0.3, 0.4) is 0 Å². The van der Waals surface area contributed by atoms with Crippen molar-refractivity contribution in [2.75, 3.05) is 6.54 Å². The average Bonchev–Trinajstić information content (AvgIpc) is 2.71. The van der Waals surface area contributed by atoms with Crippen LogP contribution in [0.2, 0.25) is 0 Å². The fourth-order valence-corrected chi connectivity index (χ4v) is 1.19. The molecular formula is C11H17N3O+. The van der Waals surface area contributed by atoms with Gasteiger partial charge in [-0.2, -0.15) is 0 Å². The summed E-state index contributed by atoms with van der Waals surface area (Å²) < 4.78 is 1.65. The van der Waals surface area contributed by atoms with Crippen molar-refractivity contribution in [1.82, 2.24) is 5.32 Å². The predicted molar refractivity (Wildman–Crippen MR) is 58.0 cm³/mol. The van der Waals surface area contributed by atoms with Crippen molar-refractivity contribution in [2.24, 2.45) is 5.11 Å². The average molecular weight is 207 g/mol. The van der Waals surface area contributed by atoms with Crippen LogP contribution in [0.15, 0.2) is 29.5 Å². The molecule has 0 aromatic carbocycles. The maximum Gasteiger partial charge on any atom is 0.294 e. The van der Waals surface area contributed by atoms with Crippen LogP contribution in [0.1, 0.15) is 20.8 Å². The van der Waals surface area contributed by atoms with Gasteiger partial charge in [0.25, 0.3) is 11.4 Å². The number of nitrogens with one attached hydrogen (secondary N) is 1. The third-order valence-corrected chi connectivity index (χ3v) is 2.25. The third kappa shape index (κ3) is 2.75. The van der Waals surface area contributed by atoms with Gasteiger partial charge in [-0.3, -0.25) is 4.79 Å². The molecule has 1 aliphatic heterocycles. The van der Waals surface area contributed by atoms with Gasteiger partial charge in [0.2, 0.25) is 0 Å². The topological polar surface area (TPSA) is 44.5 Å². The van der Waals surface area contributed by atoms with Crippen LogP contribution in [0.25, 0.3) is 0 Å². The van der Waals surface area contributed by atoms with Crippen molar-refractivity contribution in [3.63, 3.8) is 0 Å². The van der Waals surface area contributed by atoms with Gasteiger partial charge in [-0.15, -0.1) is 0 Å². The standard InChI is InChI=1S/C11H16N3O/c1-4-5-7-12-10(15)11(2,3)14-9-6-8-13-14/h4-6,8-9H,7H2,1-3H3/p+1/b5-4+. The van der Waals surface area contributed by atoms with Crippen LogP contribution in [0.4, 0.5) is 0 Å². The van der Waals surface area contributed by atoms with E-state index in [4.69, 9.17) is 0 Å². The zero-order valence-corrected chi connectivity index (χ0v) is 9.40. The summed E-state index contributed by atoms with van der Waals surface area (Å²) in [5.41, 5.74) is -0.648. The van der Waals surface area contributed by atoms with E-state index in [2.05, 4.69) is 10.4 Å².